The van der Waals surface area contributed by atoms with Crippen LogP contribution in [0.5, 0.6) is 0 Å². The van der Waals surface area contributed by atoms with E-state index in [1.165, 1.54) is 0 Å². The van der Waals surface area contributed by atoms with Crippen molar-refractivity contribution in [3.05, 3.63) is 11.8 Å². The number of likely N-dealkylation sites (N-methyl/N-ethyl adjacent to an activating group) is 1. The van der Waals surface area contributed by atoms with Crippen LogP contribution in [0.25, 0.3) is 0 Å². The average Bonchev–Trinajstić information content (AvgIpc) is 2.09. The second-order valence-electron chi connectivity index (χ2n) is 3.41. The van der Waals surface area contributed by atoms with Gasteiger partial charge in [-0.05, 0) is 6.92 Å². The van der Waals surface area contributed by atoms with Crippen molar-refractivity contribution >= 4 is 16.2 Å². The standard InChI is InChI=1S/C7H14N4O4S.H2O/c1-5-4-6(10(2)3)9-7(8)11(5)15-16(12,13)14;/h4,7H,8H2,1-3H3,(H,12,13,14);1H2. The number of amidine groups is 1. The van der Waals surface area contributed by atoms with Crippen molar-refractivity contribution in [2.75, 3.05) is 14.1 Å². The molecule has 1 aliphatic heterocycles. The van der Waals surface area contributed by atoms with Crippen LogP contribution in [0.2, 0.25) is 0 Å². The summed E-state index contributed by atoms with van der Waals surface area (Å²) in [6.07, 6.45) is 0.554. The molecule has 5 N–H and O–H groups in total. The first-order valence-electron chi connectivity index (χ1n) is 4.36. The highest BCUT2D eigenvalue weighted by molar-refractivity contribution is 7.80. The van der Waals surface area contributed by atoms with Gasteiger partial charge in [0.15, 0.2) is 0 Å². The normalized spacial score (nSPS) is 20.3. The second kappa shape index (κ2) is 5.42. The van der Waals surface area contributed by atoms with Crippen molar-refractivity contribution in [3.63, 3.8) is 0 Å². The molecule has 0 aliphatic carbocycles. The van der Waals surface area contributed by atoms with Crippen LogP contribution in [0.3, 0.4) is 0 Å². The summed E-state index contributed by atoms with van der Waals surface area (Å²) in [6, 6.07) is 0. The number of rotatable bonds is 2. The number of hydrogen-bond acceptors (Lipinski definition) is 7. The summed E-state index contributed by atoms with van der Waals surface area (Å²) in [5.41, 5.74) is 6.00. The second-order valence-corrected chi connectivity index (χ2v) is 4.41. The molecule has 9 nitrogen and oxygen atoms in total. The van der Waals surface area contributed by atoms with Crippen LogP contribution in [0.4, 0.5) is 0 Å². The molecule has 0 radical (unpaired) electrons. The van der Waals surface area contributed by atoms with E-state index in [1.54, 1.807) is 32.0 Å². The molecule has 1 rings (SSSR count). The number of allylic oxidation sites excluding steroid dienone is 1. The number of nitrogens with zero attached hydrogens (tertiary/aromatic N) is 3. The van der Waals surface area contributed by atoms with Crippen molar-refractivity contribution < 1.29 is 22.7 Å². The molecule has 1 atom stereocenters. The maximum atomic E-state index is 10.6. The fraction of sp³-hybridized carbons (Fsp3) is 0.571. The lowest BCUT2D eigenvalue weighted by Gasteiger charge is -2.30. The summed E-state index contributed by atoms with van der Waals surface area (Å²) >= 11 is 0. The zero-order chi connectivity index (χ0) is 12.5. The molecule has 17 heavy (non-hydrogen) atoms. The van der Waals surface area contributed by atoms with Gasteiger partial charge in [-0.25, -0.2) is 10.1 Å². The van der Waals surface area contributed by atoms with E-state index in [1.807, 2.05) is 0 Å². The molecule has 0 fully saturated rings. The summed E-state index contributed by atoms with van der Waals surface area (Å²) in [6.45, 7) is 1.59. The summed E-state index contributed by atoms with van der Waals surface area (Å²) in [5, 5.41) is 0.808. The van der Waals surface area contributed by atoms with Gasteiger partial charge in [-0.1, -0.05) is 0 Å². The van der Waals surface area contributed by atoms with Gasteiger partial charge in [-0.3, -0.25) is 10.3 Å². The maximum Gasteiger partial charge on any atom is 0.418 e. The zero-order valence-corrected chi connectivity index (χ0v) is 10.5. The van der Waals surface area contributed by atoms with Gasteiger partial charge in [0.25, 0.3) is 0 Å². The molecule has 0 aromatic carbocycles. The third kappa shape index (κ3) is 4.28. The molecule has 0 saturated carbocycles. The fourth-order valence-corrected chi connectivity index (χ4v) is 1.54. The van der Waals surface area contributed by atoms with Gasteiger partial charge >= 0.3 is 10.4 Å². The Labute approximate surface area is 99.4 Å². The minimum atomic E-state index is -4.61. The Bertz CT molecular complexity index is 430. The largest absolute Gasteiger partial charge is 0.418 e. The Hall–Kier alpha value is -1.20. The topological polar surface area (TPSA) is 140 Å². The monoisotopic (exact) mass is 268 g/mol. The molecule has 0 aromatic heterocycles. The Morgan fingerprint density at radius 2 is 2.12 bits per heavy atom. The molecule has 0 spiro atoms. The summed E-state index contributed by atoms with van der Waals surface area (Å²) in [7, 11) is -1.06. The third-order valence-corrected chi connectivity index (χ3v) is 2.17. The molecule has 1 unspecified atom stereocenters. The molecular weight excluding hydrogens is 252 g/mol. The van der Waals surface area contributed by atoms with Crippen molar-refractivity contribution in [1.29, 1.82) is 0 Å². The number of hydrogen-bond donors (Lipinski definition) is 2. The molecule has 0 bridgehead atoms. The first-order chi connectivity index (χ1) is 7.20. The van der Waals surface area contributed by atoms with E-state index < -0.39 is 16.7 Å². The molecule has 0 aromatic rings. The Morgan fingerprint density at radius 3 is 2.47 bits per heavy atom. The molecular formula is C7H16N4O5S. The fourth-order valence-electron chi connectivity index (χ4n) is 1.13. The quantitative estimate of drug-likeness (QED) is 0.570. The molecule has 1 heterocycles. The van der Waals surface area contributed by atoms with E-state index in [2.05, 4.69) is 9.28 Å². The zero-order valence-electron chi connectivity index (χ0n) is 9.65. The molecule has 10 heteroatoms. The molecule has 1 aliphatic rings. The number of nitrogens with two attached hydrogens (primary N) is 1. The predicted octanol–water partition coefficient (Wildman–Crippen LogP) is -1.68. The number of aliphatic imine (C=N–C) groups is 1. The van der Waals surface area contributed by atoms with Crippen LogP contribution >= 0.6 is 0 Å². The third-order valence-electron chi connectivity index (χ3n) is 1.82. The minimum Gasteiger partial charge on any atom is -0.412 e. The number of hydroxylamine groups is 2. The van der Waals surface area contributed by atoms with Crippen molar-refractivity contribution in [3.8, 4) is 0 Å². The predicted molar refractivity (Wildman–Crippen MR) is 60.9 cm³/mol. The van der Waals surface area contributed by atoms with E-state index in [4.69, 9.17) is 10.3 Å². The molecule has 0 amide bonds. The van der Waals surface area contributed by atoms with E-state index >= 15 is 0 Å². The van der Waals surface area contributed by atoms with Crippen LogP contribution in [-0.2, 0) is 14.7 Å². The summed E-state index contributed by atoms with van der Waals surface area (Å²) < 4.78 is 33.9. The van der Waals surface area contributed by atoms with E-state index in [-0.39, 0.29) is 5.48 Å². The van der Waals surface area contributed by atoms with Crippen LogP contribution in [0, 0.1) is 0 Å². The maximum absolute atomic E-state index is 10.6. The lowest BCUT2D eigenvalue weighted by atomic mass is 10.3. The van der Waals surface area contributed by atoms with Crippen molar-refractivity contribution in [2.45, 2.75) is 13.2 Å². The Balaban J connectivity index is 0.00000256. The highest BCUT2D eigenvalue weighted by atomic mass is 32.3. The first kappa shape index (κ1) is 15.8. The van der Waals surface area contributed by atoms with Crippen LogP contribution in [-0.4, -0.2) is 54.6 Å². The van der Waals surface area contributed by atoms with Crippen molar-refractivity contribution in [1.82, 2.24) is 9.96 Å². The Kier molecular flexibility index (Phi) is 5.04. The van der Waals surface area contributed by atoms with E-state index in [0.717, 1.165) is 5.06 Å². The van der Waals surface area contributed by atoms with Gasteiger partial charge < -0.3 is 10.4 Å². The molecule has 0 saturated heterocycles. The summed E-state index contributed by atoms with van der Waals surface area (Å²) in [5.74, 6) is 0.584. The van der Waals surface area contributed by atoms with Gasteiger partial charge in [0.2, 0.25) is 6.29 Å². The van der Waals surface area contributed by atoms with Gasteiger partial charge in [-0.2, -0.15) is 8.42 Å². The Morgan fingerprint density at radius 1 is 1.59 bits per heavy atom. The van der Waals surface area contributed by atoms with Crippen LogP contribution in [0.1, 0.15) is 6.92 Å². The van der Waals surface area contributed by atoms with Gasteiger partial charge in [0.05, 0.1) is 0 Å². The average molecular weight is 268 g/mol. The van der Waals surface area contributed by atoms with Gasteiger partial charge in [-0.15, -0.1) is 4.28 Å². The highest BCUT2D eigenvalue weighted by Gasteiger charge is 2.25. The highest BCUT2D eigenvalue weighted by Crippen LogP contribution is 2.15. The first-order valence-corrected chi connectivity index (χ1v) is 5.72. The van der Waals surface area contributed by atoms with Crippen molar-refractivity contribution in [2.24, 2.45) is 10.7 Å². The van der Waals surface area contributed by atoms with Gasteiger partial charge in [0, 0.05) is 25.9 Å². The van der Waals surface area contributed by atoms with E-state index in [0.29, 0.717) is 11.5 Å². The van der Waals surface area contributed by atoms with E-state index in [9.17, 15) is 8.42 Å². The summed E-state index contributed by atoms with van der Waals surface area (Å²) in [4.78, 5) is 5.68. The van der Waals surface area contributed by atoms with Crippen LogP contribution in [0.15, 0.2) is 16.8 Å². The lowest BCUT2D eigenvalue weighted by molar-refractivity contribution is -0.0612. The van der Waals surface area contributed by atoms with Gasteiger partial charge in [0.1, 0.15) is 5.84 Å². The smallest absolute Gasteiger partial charge is 0.412 e. The lowest BCUT2D eigenvalue weighted by Crippen LogP contribution is -2.45. The minimum absolute atomic E-state index is 0. The SMILES string of the molecule is CC1=CC(N(C)C)=NC(N)N1OS(=O)(=O)O.O. The van der Waals surface area contributed by atoms with Crippen LogP contribution < -0.4 is 5.73 Å². The molecule has 100 valence electrons.